The molecule has 0 spiro atoms. The first kappa shape index (κ1) is 13.9. The third-order valence-corrected chi connectivity index (χ3v) is 8.13. The minimum Gasteiger partial charge on any atom is -0.543 e. The molecular weight excluding hydrogens is 256 g/mol. The van der Waals surface area contributed by atoms with E-state index in [1.807, 2.05) is 18.2 Å². The van der Waals surface area contributed by atoms with Gasteiger partial charge < -0.3 is 8.84 Å². The van der Waals surface area contributed by atoms with Gasteiger partial charge in [-0.3, -0.25) is 0 Å². The summed E-state index contributed by atoms with van der Waals surface area (Å²) < 4.78 is 11.4. The summed E-state index contributed by atoms with van der Waals surface area (Å²) in [5.41, 5.74) is 0.205. The van der Waals surface area contributed by atoms with Gasteiger partial charge in [0.25, 0.3) is 8.32 Å². The smallest absolute Gasteiger partial charge is 0.339 e. The number of hydrogen-bond acceptors (Lipinski definition) is 3. The van der Waals surface area contributed by atoms with Crippen LogP contribution >= 0.6 is 0 Å². The van der Waals surface area contributed by atoms with E-state index in [0.717, 1.165) is 5.39 Å². The van der Waals surface area contributed by atoms with Crippen LogP contribution in [0.15, 0.2) is 39.5 Å². The summed E-state index contributed by atoms with van der Waals surface area (Å²) >= 11 is 0. The van der Waals surface area contributed by atoms with Gasteiger partial charge in [0, 0.05) is 0 Å². The second-order valence-corrected chi connectivity index (χ2v) is 11.0. The van der Waals surface area contributed by atoms with E-state index in [9.17, 15) is 4.79 Å². The predicted octanol–water partition coefficient (Wildman–Crippen LogP) is 4.18. The summed E-state index contributed by atoms with van der Waals surface area (Å²) in [5.74, 6) is 0.637. The van der Waals surface area contributed by atoms with E-state index in [0.29, 0.717) is 11.3 Å². The normalized spacial score (nSPS) is 12.7. The minimum absolute atomic E-state index is 0.0874. The van der Waals surface area contributed by atoms with Crippen LogP contribution in [0.4, 0.5) is 0 Å². The zero-order chi connectivity index (χ0) is 14.3. The molecule has 4 heteroatoms. The van der Waals surface area contributed by atoms with Crippen molar-refractivity contribution in [2.75, 3.05) is 0 Å². The molecule has 0 aliphatic carbocycles. The van der Waals surface area contributed by atoms with Crippen molar-refractivity contribution in [1.29, 1.82) is 0 Å². The largest absolute Gasteiger partial charge is 0.543 e. The SMILES string of the molecule is CC(C)(C)[Si](C)(C)Oc1cc(=O)oc2ccccc12. The van der Waals surface area contributed by atoms with Crippen LogP contribution in [0.5, 0.6) is 5.75 Å². The van der Waals surface area contributed by atoms with Crippen LogP contribution in [0, 0.1) is 0 Å². The van der Waals surface area contributed by atoms with E-state index in [1.165, 1.54) is 6.07 Å². The van der Waals surface area contributed by atoms with Crippen molar-refractivity contribution < 1.29 is 8.84 Å². The maximum atomic E-state index is 11.6. The number of rotatable bonds is 2. The predicted molar refractivity (Wildman–Crippen MR) is 80.3 cm³/mol. The Morgan fingerprint density at radius 1 is 1.16 bits per heavy atom. The van der Waals surface area contributed by atoms with Crippen LogP contribution in [0.3, 0.4) is 0 Å². The quantitative estimate of drug-likeness (QED) is 0.610. The van der Waals surface area contributed by atoms with Crippen LogP contribution in [0.25, 0.3) is 11.0 Å². The number of hydrogen-bond donors (Lipinski definition) is 0. The van der Waals surface area contributed by atoms with Crippen LogP contribution in [-0.4, -0.2) is 8.32 Å². The van der Waals surface area contributed by atoms with Gasteiger partial charge in [-0.1, -0.05) is 32.9 Å². The molecule has 102 valence electrons. The Hall–Kier alpha value is -1.55. The highest BCUT2D eigenvalue weighted by molar-refractivity contribution is 6.74. The van der Waals surface area contributed by atoms with Gasteiger partial charge in [0.15, 0.2) is 0 Å². The maximum absolute atomic E-state index is 11.6. The highest BCUT2D eigenvalue weighted by Crippen LogP contribution is 2.38. The lowest BCUT2D eigenvalue weighted by Gasteiger charge is -2.36. The van der Waals surface area contributed by atoms with E-state index < -0.39 is 8.32 Å². The zero-order valence-electron chi connectivity index (χ0n) is 12.1. The van der Waals surface area contributed by atoms with Crippen molar-refractivity contribution in [2.24, 2.45) is 0 Å². The van der Waals surface area contributed by atoms with E-state index in [2.05, 4.69) is 33.9 Å². The average molecular weight is 276 g/mol. The van der Waals surface area contributed by atoms with Crippen molar-refractivity contribution in [3.63, 3.8) is 0 Å². The Balaban J connectivity index is 2.55. The van der Waals surface area contributed by atoms with E-state index in [-0.39, 0.29) is 10.7 Å². The van der Waals surface area contributed by atoms with Crippen molar-refractivity contribution >= 4 is 19.3 Å². The molecule has 0 fully saturated rings. The lowest BCUT2D eigenvalue weighted by atomic mass is 10.2. The summed E-state index contributed by atoms with van der Waals surface area (Å²) in [6.45, 7) is 10.8. The lowest BCUT2D eigenvalue weighted by Crippen LogP contribution is -2.44. The molecule has 0 radical (unpaired) electrons. The topological polar surface area (TPSA) is 39.4 Å². The molecule has 0 atom stereocenters. The third-order valence-electron chi connectivity index (χ3n) is 3.78. The van der Waals surface area contributed by atoms with Gasteiger partial charge in [-0.2, -0.15) is 0 Å². The van der Waals surface area contributed by atoms with E-state index in [4.69, 9.17) is 8.84 Å². The molecule has 0 aliphatic rings. The Morgan fingerprint density at radius 2 is 1.79 bits per heavy atom. The summed E-state index contributed by atoms with van der Waals surface area (Å²) in [4.78, 5) is 11.6. The van der Waals surface area contributed by atoms with Gasteiger partial charge in [-0.15, -0.1) is 0 Å². The van der Waals surface area contributed by atoms with E-state index >= 15 is 0 Å². The highest BCUT2D eigenvalue weighted by atomic mass is 28.4. The number of benzene rings is 1. The Morgan fingerprint density at radius 3 is 2.42 bits per heavy atom. The van der Waals surface area contributed by atoms with Crippen LogP contribution in [0.1, 0.15) is 20.8 Å². The fourth-order valence-electron chi connectivity index (χ4n) is 1.59. The number of fused-ring (bicyclic) bond motifs is 1. The molecule has 0 N–H and O–H groups in total. The molecule has 0 saturated carbocycles. The standard InChI is InChI=1S/C15H20O3Si/c1-15(2,3)19(4,5)18-13-10-14(16)17-12-9-7-6-8-11(12)13/h6-10H,1-5H3. The zero-order valence-corrected chi connectivity index (χ0v) is 13.1. The van der Waals surface area contributed by atoms with Crippen LogP contribution < -0.4 is 10.1 Å². The summed E-state index contributed by atoms with van der Waals surface area (Å²) in [5, 5.41) is 0.941. The fraction of sp³-hybridized carbons (Fsp3) is 0.400. The number of para-hydroxylation sites is 1. The second kappa shape index (κ2) is 4.53. The second-order valence-electron chi connectivity index (χ2n) is 6.29. The molecule has 0 bridgehead atoms. The van der Waals surface area contributed by atoms with Crippen LogP contribution in [0.2, 0.25) is 18.1 Å². The molecule has 19 heavy (non-hydrogen) atoms. The molecule has 2 rings (SSSR count). The summed E-state index contributed by atoms with van der Waals surface area (Å²) in [6.07, 6.45) is 0. The molecule has 2 aromatic rings. The van der Waals surface area contributed by atoms with Crippen molar-refractivity contribution in [2.45, 2.75) is 38.9 Å². The highest BCUT2D eigenvalue weighted by Gasteiger charge is 2.39. The molecule has 3 nitrogen and oxygen atoms in total. The summed E-state index contributed by atoms with van der Waals surface area (Å²) in [7, 11) is -1.97. The third kappa shape index (κ3) is 2.73. The Bertz CT molecular complexity index is 650. The van der Waals surface area contributed by atoms with Gasteiger partial charge in [-0.05, 0) is 30.3 Å². The van der Waals surface area contributed by atoms with Crippen molar-refractivity contribution in [3.8, 4) is 5.75 Å². The first-order valence-electron chi connectivity index (χ1n) is 6.43. The Kier molecular flexibility index (Phi) is 3.30. The monoisotopic (exact) mass is 276 g/mol. The average Bonchev–Trinajstić information content (AvgIpc) is 2.26. The molecule has 1 aromatic heterocycles. The van der Waals surface area contributed by atoms with Crippen molar-refractivity contribution in [3.05, 3.63) is 40.8 Å². The van der Waals surface area contributed by atoms with E-state index in [1.54, 1.807) is 6.07 Å². The van der Waals surface area contributed by atoms with Gasteiger partial charge >= 0.3 is 5.63 Å². The minimum atomic E-state index is -1.97. The molecule has 1 aromatic carbocycles. The first-order valence-corrected chi connectivity index (χ1v) is 9.33. The van der Waals surface area contributed by atoms with Crippen molar-refractivity contribution in [1.82, 2.24) is 0 Å². The van der Waals surface area contributed by atoms with Gasteiger partial charge in [-0.25, -0.2) is 4.79 Å². The van der Waals surface area contributed by atoms with Gasteiger partial charge in [0.05, 0.1) is 11.5 Å². The van der Waals surface area contributed by atoms with Gasteiger partial charge in [0.1, 0.15) is 11.3 Å². The van der Waals surface area contributed by atoms with Crippen LogP contribution in [-0.2, 0) is 0 Å². The van der Waals surface area contributed by atoms with Gasteiger partial charge in [0.2, 0.25) is 0 Å². The molecule has 0 aliphatic heterocycles. The molecule has 0 unspecified atom stereocenters. The molecule has 0 saturated heterocycles. The molecule has 0 amide bonds. The Labute approximate surface area is 114 Å². The maximum Gasteiger partial charge on any atom is 0.339 e. The summed E-state index contributed by atoms with van der Waals surface area (Å²) in [6, 6.07) is 8.92. The molecular formula is C15H20O3Si. The fourth-order valence-corrected chi connectivity index (χ4v) is 2.62. The molecule has 1 heterocycles. The first-order chi connectivity index (χ1) is 8.71. The lowest BCUT2D eigenvalue weighted by molar-refractivity contribution is 0.485.